The number of Topliss-reactive ketones (excluding diaryl/α,β-unsaturated/α-hetero) is 1. The van der Waals surface area contributed by atoms with Crippen LogP contribution in [-0.2, 0) is 9.59 Å². The van der Waals surface area contributed by atoms with Gasteiger partial charge in [0.2, 0.25) is 5.91 Å². The van der Waals surface area contributed by atoms with Gasteiger partial charge < -0.3 is 11.5 Å². The van der Waals surface area contributed by atoms with Gasteiger partial charge in [-0.05, 0) is 6.42 Å². The molecule has 0 fully saturated rings. The van der Waals surface area contributed by atoms with Crippen molar-refractivity contribution in [2.75, 3.05) is 0 Å². The SMILES string of the molecule is CC(C)C(=O)C(N)CCC(N)=O. The predicted octanol–water partition coefficient (Wildman–Crippen LogP) is -0.196. The summed E-state index contributed by atoms with van der Waals surface area (Å²) in [6, 6.07) is -0.544. The largest absolute Gasteiger partial charge is 0.370 e. The molecule has 0 rings (SSSR count). The topological polar surface area (TPSA) is 86.2 Å². The van der Waals surface area contributed by atoms with Gasteiger partial charge in [-0.1, -0.05) is 13.8 Å². The Morgan fingerprint density at radius 1 is 1.33 bits per heavy atom. The van der Waals surface area contributed by atoms with Crippen LogP contribution in [0.25, 0.3) is 0 Å². The van der Waals surface area contributed by atoms with Crippen LogP contribution in [0, 0.1) is 5.92 Å². The highest BCUT2D eigenvalue weighted by molar-refractivity contribution is 5.86. The molecule has 70 valence electrons. The van der Waals surface area contributed by atoms with E-state index in [9.17, 15) is 9.59 Å². The van der Waals surface area contributed by atoms with Crippen LogP contribution in [0.4, 0.5) is 0 Å². The van der Waals surface area contributed by atoms with E-state index in [2.05, 4.69) is 0 Å². The van der Waals surface area contributed by atoms with E-state index in [1.807, 2.05) is 0 Å². The summed E-state index contributed by atoms with van der Waals surface area (Å²) in [6.45, 7) is 3.57. The number of primary amides is 1. The van der Waals surface area contributed by atoms with Gasteiger partial charge >= 0.3 is 0 Å². The van der Waals surface area contributed by atoms with Crippen LogP contribution in [0.5, 0.6) is 0 Å². The number of ketones is 1. The highest BCUT2D eigenvalue weighted by atomic mass is 16.1. The van der Waals surface area contributed by atoms with E-state index in [4.69, 9.17) is 11.5 Å². The van der Waals surface area contributed by atoms with E-state index in [1.54, 1.807) is 13.8 Å². The smallest absolute Gasteiger partial charge is 0.217 e. The Balaban J connectivity index is 3.79. The minimum absolute atomic E-state index is 0.0174. The number of rotatable bonds is 5. The Morgan fingerprint density at radius 3 is 2.17 bits per heavy atom. The Labute approximate surface area is 72.3 Å². The van der Waals surface area contributed by atoms with Gasteiger partial charge in [-0.25, -0.2) is 0 Å². The maximum Gasteiger partial charge on any atom is 0.217 e. The first-order valence-corrected chi connectivity index (χ1v) is 4.02. The summed E-state index contributed by atoms with van der Waals surface area (Å²) in [6.07, 6.45) is 0.534. The Morgan fingerprint density at radius 2 is 1.83 bits per heavy atom. The highest BCUT2D eigenvalue weighted by Crippen LogP contribution is 2.02. The number of hydrogen-bond acceptors (Lipinski definition) is 3. The quantitative estimate of drug-likeness (QED) is 0.602. The van der Waals surface area contributed by atoms with Crippen molar-refractivity contribution in [2.45, 2.75) is 32.7 Å². The molecule has 0 aromatic heterocycles. The molecule has 0 spiro atoms. The molecule has 0 aliphatic carbocycles. The van der Waals surface area contributed by atoms with Crippen molar-refractivity contribution in [3.8, 4) is 0 Å². The molecule has 0 saturated carbocycles. The maximum atomic E-state index is 11.2. The molecule has 0 saturated heterocycles. The summed E-state index contributed by atoms with van der Waals surface area (Å²) in [5.41, 5.74) is 10.4. The molecule has 1 amide bonds. The van der Waals surface area contributed by atoms with Gasteiger partial charge in [0.05, 0.1) is 6.04 Å². The van der Waals surface area contributed by atoms with Gasteiger partial charge in [0.15, 0.2) is 5.78 Å². The predicted molar refractivity (Wildman–Crippen MR) is 46.2 cm³/mol. The molecular weight excluding hydrogens is 156 g/mol. The van der Waals surface area contributed by atoms with Gasteiger partial charge in [0.25, 0.3) is 0 Å². The van der Waals surface area contributed by atoms with Gasteiger partial charge in [0.1, 0.15) is 0 Å². The van der Waals surface area contributed by atoms with Crippen LogP contribution in [-0.4, -0.2) is 17.7 Å². The maximum absolute atomic E-state index is 11.2. The lowest BCUT2D eigenvalue weighted by atomic mass is 9.99. The lowest BCUT2D eigenvalue weighted by Gasteiger charge is -2.11. The second-order valence-electron chi connectivity index (χ2n) is 3.17. The molecule has 0 aliphatic rings. The average Bonchev–Trinajstić information content (AvgIpc) is 1.98. The highest BCUT2D eigenvalue weighted by Gasteiger charge is 2.16. The fourth-order valence-electron chi connectivity index (χ4n) is 0.868. The molecule has 4 heteroatoms. The zero-order valence-corrected chi connectivity index (χ0v) is 7.54. The first-order chi connectivity index (χ1) is 5.45. The number of carbonyl (C=O) groups excluding carboxylic acids is 2. The van der Waals surface area contributed by atoms with Crippen molar-refractivity contribution in [3.05, 3.63) is 0 Å². The fourth-order valence-corrected chi connectivity index (χ4v) is 0.868. The molecule has 0 aliphatic heterocycles. The fraction of sp³-hybridized carbons (Fsp3) is 0.750. The van der Waals surface area contributed by atoms with Crippen LogP contribution in [0.1, 0.15) is 26.7 Å². The lowest BCUT2D eigenvalue weighted by Crippen LogP contribution is -2.34. The van der Waals surface area contributed by atoms with E-state index >= 15 is 0 Å². The summed E-state index contributed by atoms with van der Waals surface area (Å²) in [5, 5.41) is 0. The Kier molecular flexibility index (Phi) is 4.51. The molecule has 1 atom stereocenters. The number of nitrogens with two attached hydrogens (primary N) is 2. The van der Waals surface area contributed by atoms with Gasteiger partial charge in [-0.15, -0.1) is 0 Å². The van der Waals surface area contributed by atoms with Crippen molar-refractivity contribution in [3.63, 3.8) is 0 Å². The van der Waals surface area contributed by atoms with Crippen LogP contribution in [0.2, 0.25) is 0 Å². The van der Waals surface area contributed by atoms with Crippen LogP contribution in [0.15, 0.2) is 0 Å². The van der Waals surface area contributed by atoms with Crippen molar-refractivity contribution >= 4 is 11.7 Å². The Hall–Kier alpha value is -0.900. The third kappa shape index (κ3) is 4.08. The minimum atomic E-state index is -0.544. The number of carbonyl (C=O) groups is 2. The molecule has 4 nitrogen and oxygen atoms in total. The third-order valence-electron chi connectivity index (χ3n) is 1.64. The molecule has 0 aromatic carbocycles. The standard InChI is InChI=1S/C8H16N2O2/c1-5(2)8(12)6(9)3-4-7(10)11/h5-6H,3-4,9H2,1-2H3,(H2,10,11). The lowest BCUT2D eigenvalue weighted by molar-refractivity contribution is -0.123. The van der Waals surface area contributed by atoms with E-state index in [0.29, 0.717) is 6.42 Å². The molecule has 0 radical (unpaired) electrons. The first kappa shape index (κ1) is 11.1. The summed E-state index contributed by atoms with van der Waals surface area (Å²) >= 11 is 0. The van der Waals surface area contributed by atoms with Crippen molar-refractivity contribution in [1.29, 1.82) is 0 Å². The second-order valence-corrected chi connectivity index (χ2v) is 3.17. The second kappa shape index (κ2) is 4.87. The van der Waals surface area contributed by atoms with Crippen molar-refractivity contribution in [1.82, 2.24) is 0 Å². The molecule has 0 heterocycles. The molecule has 4 N–H and O–H groups in total. The Bertz CT molecular complexity index is 178. The number of amides is 1. The zero-order valence-electron chi connectivity index (χ0n) is 7.54. The minimum Gasteiger partial charge on any atom is -0.370 e. The average molecular weight is 172 g/mol. The van der Waals surface area contributed by atoms with Crippen LogP contribution in [0.3, 0.4) is 0 Å². The molecular formula is C8H16N2O2. The van der Waals surface area contributed by atoms with Gasteiger partial charge in [-0.2, -0.15) is 0 Å². The van der Waals surface area contributed by atoms with Gasteiger partial charge in [-0.3, -0.25) is 9.59 Å². The van der Waals surface area contributed by atoms with Crippen molar-refractivity contribution in [2.24, 2.45) is 17.4 Å². The molecule has 12 heavy (non-hydrogen) atoms. The van der Waals surface area contributed by atoms with E-state index in [0.717, 1.165) is 0 Å². The van der Waals surface area contributed by atoms with E-state index in [-0.39, 0.29) is 18.1 Å². The third-order valence-corrected chi connectivity index (χ3v) is 1.64. The van der Waals surface area contributed by atoms with Crippen molar-refractivity contribution < 1.29 is 9.59 Å². The van der Waals surface area contributed by atoms with E-state index in [1.165, 1.54) is 0 Å². The summed E-state index contributed by atoms with van der Waals surface area (Å²) in [4.78, 5) is 21.5. The first-order valence-electron chi connectivity index (χ1n) is 4.02. The van der Waals surface area contributed by atoms with Gasteiger partial charge in [0, 0.05) is 12.3 Å². The normalized spacial score (nSPS) is 13.0. The summed E-state index contributed by atoms with van der Waals surface area (Å²) < 4.78 is 0. The van der Waals surface area contributed by atoms with Crippen LogP contribution < -0.4 is 11.5 Å². The van der Waals surface area contributed by atoms with E-state index < -0.39 is 11.9 Å². The summed E-state index contributed by atoms with van der Waals surface area (Å²) in [7, 11) is 0. The molecule has 1 unspecified atom stereocenters. The van der Waals surface area contributed by atoms with Crippen LogP contribution >= 0.6 is 0 Å². The molecule has 0 aromatic rings. The zero-order chi connectivity index (χ0) is 9.72. The molecule has 0 bridgehead atoms. The monoisotopic (exact) mass is 172 g/mol. The number of hydrogen-bond donors (Lipinski definition) is 2. The summed E-state index contributed by atoms with van der Waals surface area (Å²) in [5.74, 6) is -0.508.